The van der Waals surface area contributed by atoms with Crippen molar-refractivity contribution in [3.05, 3.63) is 77.9 Å². The lowest BCUT2D eigenvalue weighted by molar-refractivity contribution is -0.147. The highest BCUT2D eigenvalue weighted by atomic mass is 16.5. The first-order valence-corrected chi connectivity index (χ1v) is 11.6. The molecule has 5 rings (SSSR count). The van der Waals surface area contributed by atoms with Gasteiger partial charge in [-0.1, -0.05) is 42.5 Å². The van der Waals surface area contributed by atoms with E-state index in [0.717, 1.165) is 12.0 Å². The molecule has 2 aromatic rings. The minimum absolute atomic E-state index is 0.0762. The van der Waals surface area contributed by atoms with Crippen LogP contribution < -0.4 is 5.32 Å². The summed E-state index contributed by atoms with van der Waals surface area (Å²) in [5.41, 5.74) is 1.71. The molecule has 0 spiro atoms. The molecule has 1 heterocycles. The average Bonchev–Trinajstić information content (AvgIpc) is 3.53. The molecule has 3 aliphatic rings. The van der Waals surface area contributed by atoms with Crippen LogP contribution in [-0.4, -0.2) is 41.2 Å². The molecule has 1 saturated carbocycles. The summed E-state index contributed by atoms with van der Waals surface area (Å²) >= 11 is 0. The van der Waals surface area contributed by atoms with E-state index in [1.165, 1.54) is 4.90 Å². The minimum Gasteiger partial charge on any atom is -0.462 e. The summed E-state index contributed by atoms with van der Waals surface area (Å²) in [6.07, 6.45) is 5.14. The number of carbonyl (C=O) groups excluding carboxylic acids is 4. The average molecular weight is 459 g/mol. The second kappa shape index (κ2) is 8.89. The second-order valence-electron chi connectivity index (χ2n) is 9.04. The number of nitrogens with one attached hydrogen (secondary N) is 1. The number of nitrogens with zero attached hydrogens (tertiary/aromatic N) is 1. The highest BCUT2D eigenvalue weighted by Gasteiger charge is 2.61. The molecule has 0 unspecified atom stereocenters. The van der Waals surface area contributed by atoms with Gasteiger partial charge in [0.05, 0.1) is 24.0 Å². The third kappa shape index (κ3) is 3.81. The van der Waals surface area contributed by atoms with Gasteiger partial charge in [0.25, 0.3) is 0 Å². The Hall–Kier alpha value is -3.74. The summed E-state index contributed by atoms with van der Waals surface area (Å²) in [5, 5.41) is 2.83. The third-order valence-electron chi connectivity index (χ3n) is 7.05. The van der Waals surface area contributed by atoms with Crippen LogP contribution in [0.15, 0.2) is 66.7 Å². The van der Waals surface area contributed by atoms with E-state index < -0.39 is 17.9 Å². The predicted octanol–water partition coefficient (Wildman–Crippen LogP) is 3.22. The van der Waals surface area contributed by atoms with E-state index in [4.69, 9.17) is 4.74 Å². The van der Waals surface area contributed by atoms with Gasteiger partial charge in [-0.05, 0) is 55.0 Å². The summed E-state index contributed by atoms with van der Waals surface area (Å²) in [4.78, 5) is 53.3. The van der Waals surface area contributed by atoms with E-state index in [-0.39, 0.29) is 48.5 Å². The molecule has 0 aromatic heterocycles. The Bertz CT molecular complexity index is 1130. The fourth-order valence-corrected chi connectivity index (χ4v) is 5.50. The maximum absolute atomic E-state index is 13.5. The summed E-state index contributed by atoms with van der Waals surface area (Å²) < 4.78 is 4.99. The molecule has 1 saturated heterocycles. The smallest absolute Gasteiger partial charge is 0.338 e. The van der Waals surface area contributed by atoms with Crippen LogP contribution in [0.2, 0.25) is 0 Å². The number of fused-ring (bicyclic) bond motifs is 5. The number of esters is 1. The molecule has 2 aliphatic carbocycles. The number of hydrogen-bond acceptors (Lipinski definition) is 5. The van der Waals surface area contributed by atoms with Crippen LogP contribution in [0, 0.1) is 23.7 Å². The molecule has 2 fully saturated rings. The Balaban J connectivity index is 1.39. The third-order valence-corrected chi connectivity index (χ3v) is 7.05. The molecule has 1 aliphatic heterocycles. The van der Waals surface area contributed by atoms with Crippen LogP contribution in [0.25, 0.3) is 0 Å². The van der Waals surface area contributed by atoms with Crippen molar-refractivity contribution in [3.63, 3.8) is 0 Å². The summed E-state index contributed by atoms with van der Waals surface area (Å²) in [5.74, 6) is -1.95. The van der Waals surface area contributed by atoms with Crippen molar-refractivity contribution in [2.45, 2.75) is 25.8 Å². The Morgan fingerprint density at radius 2 is 1.59 bits per heavy atom. The number of imide groups is 1. The number of benzene rings is 2. The van der Waals surface area contributed by atoms with E-state index in [1.54, 1.807) is 31.2 Å². The summed E-state index contributed by atoms with van der Waals surface area (Å²) in [6.45, 7) is 2.01. The fourth-order valence-electron chi connectivity index (χ4n) is 5.50. The van der Waals surface area contributed by atoms with Crippen molar-refractivity contribution >= 4 is 29.4 Å². The number of anilines is 1. The highest BCUT2D eigenvalue weighted by molar-refractivity contribution is 6.11. The van der Waals surface area contributed by atoms with Gasteiger partial charge in [-0.25, -0.2) is 4.79 Å². The molecule has 2 bridgehead atoms. The van der Waals surface area contributed by atoms with Crippen LogP contribution in [-0.2, 0) is 25.5 Å². The first kappa shape index (κ1) is 22.1. The van der Waals surface area contributed by atoms with Crippen molar-refractivity contribution in [2.24, 2.45) is 23.7 Å². The summed E-state index contributed by atoms with van der Waals surface area (Å²) in [6, 6.07) is 14.8. The van der Waals surface area contributed by atoms with Crippen LogP contribution in [0.3, 0.4) is 0 Å². The Kier molecular flexibility index (Phi) is 5.77. The van der Waals surface area contributed by atoms with Gasteiger partial charge in [-0.2, -0.15) is 0 Å². The standard InChI is InChI=1S/C27H26N2O5/c1-2-34-27(33)17-10-12-20(13-11-17)28-24(30)21(14-16-6-4-3-5-7-16)29-25(31)22-18-8-9-19(15-18)23(22)26(29)32/h3-13,18-19,21-23H,2,14-15H2,1H3,(H,28,30)/t18-,19+,21-,22+,23+/m1/s1. The van der Waals surface area contributed by atoms with Gasteiger partial charge in [0.1, 0.15) is 6.04 Å². The molecule has 3 amide bonds. The normalized spacial score (nSPS) is 25.4. The van der Waals surface area contributed by atoms with Gasteiger partial charge in [0, 0.05) is 12.1 Å². The first-order chi connectivity index (χ1) is 16.5. The predicted molar refractivity (Wildman–Crippen MR) is 125 cm³/mol. The number of allylic oxidation sites excluding steroid dienone is 2. The number of likely N-dealkylation sites (tertiary alicyclic amines) is 1. The molecule has 174 valence electrons. The summed E-state index contributed by atoms with van der Waals surface area (Å²) in [7, 11) is 0. The van der Waals surface area contributed by atoms with Gasteiger partial charge < -0.3 is 10.1 Å². The van der Waals surface area contributed by atoms with Crippen molar-refractivity contribution in [2.75, 3.05) is 11.9 Å². The molecular formula is C27H26N2O5. The highest BCUT2D eigenvalue weighted by Crippen LogP contribution is 2.53. The largest absolute Gasteiger partial charge is 0.462 e. The van der Waals surface area contributed by atoms with Gasteiger partial charge >= 0.3 is 5.97 Å². The number of hydrogen-bond donors (Lipinski definition) is 1. The van der Waals surface area contributed by atoms with Gasteiger partial charge in [0.15, 0.2) is 0 Å². The quantitative estimate of drug-likeness (QED) is 0.391. The number of rotatable bonds is 7. The molecule has 34 heavy (non-hydrogen) atoms. The van der Waals surface area contributed by atoms with Crippen molar-refractivity contribution in [3.8, 4) is 0 Å². The molecule has 5 atom stereocenters. The minimum atomic E-state index is -0.961. The van der Waals surface area contributed by atoms with E-state index in [2.05, 4.69) is 5.32 Å². The molecule has 0 radical (unpaired) electrons. The van der Waals surface area contributed by atoms with E-state index in [0.29, 0.717) is 11.3 Å². The maximum Gasteiger partial charge on any atom is 0.338 e. The topological polar surface area (TPSA) is 92.8 Å². The first-order valence-electron chi connectivity index (χ1n) is 11.6. The number of ether oxygens (including phenoxy) is 1. The van der Waals surface area contributed by atoms with Crippen molar-refractivity contribution < 1.29 is 23.9 Å². The van der Waals surface area contributed by atoms with Crippen LogP contribution in [0.4, 0.5) is 5.69 Å². The van der Waals surface area contributed by atoms with E-state index in [1.807, 2.05) is 42.5 Å². The van der Waals surface area contributed by atoms with Crippen LogP contribution in [0.1, 0.15) is 29.3 Å². The monoisotopic (exact) mass is 458 g/mol. The van der Waals surface area contributed by atoms with Gasteiger partial charge in [-0.15, -0.1) is 0 Å². The Morgan fingerprint density at radius 1 is 0.971 bits per heavy atom. The molecule has 1 N–H and O–H groups in total. The fraction of sp³-hybridized carbons (Fsp3) is 0.333. The number of amides is 3. The molecule has 7 heteroatoms. The van der Waals surface area contributed by atoms with Crippen LogP contribution in [0.5, 0.6) is 0 Å². The zero-order valence-electron chi connectivity index (χ0n) is 18.8. The van der Waals surface area contributed by atoms with Crippen molar-refractivity contribution in [1.82, 2.24) is 4.90 Å². The Labute approximate surface area is 197 Å². The second-order valence-corrected chi connectivity index (χ2v) is 9.04. The number of carbonyl (C=O) groups is 4. The SMILES string of the molecule is CCOC(=O)c1ccc(NC(=O)[C@@H](Cc2ccccc2)N2C(=O)[C@@H]3[C@@H](C2=O)[C@H]2C=C[C@@H]3C2)cc1. The maximum atomic E-state index is 13.5. The van der Waals surface area contributed by atoms with Crippen molar-refractivity contribution in [1.29, 1.82) is 0 Å². The zero-order valence-corrected chi connectivity index (χ0v) is 18.8. The van der Waals surface area contributed by atoms with E-state index in [9.17, 15) is 19.2 Å². The Morgan fingerprint density at radius 3 is 2.18 bits per heavy atom. The van der Waals surface area contributed by atoms with E-state index >= 15 is 0 Å². The lowest BCUT2D eigenvalue weighted by Crippen LogP contribution is -2.49. The molecular weight excluding hydrogens is 432 g/mol. The van der Waals surface area contributed by atoms with Gasteiger partial charge in [0.2, 0.25) is 17.7 Å². The van der Waals surface area contributed by atoms with Crippen LogP contribution >= 0.6 is 0 Å². The lowest BCUT2D eigenvalue weighted by Gasteiger charge is -2.27. The zero-order chi connectivity index (χ0) is 23.8. The molecule has 2 aromatic carbocycles. The van der Waals surface area contributed by atoms with Gasteiger partial charge in [-0.3, -0.25) is 19.3 Å². The molecule has 7 nitrogen and oxygen atoms in total. The lowest BCUT2D eigenvalue weighted by atomic mass is 9.85.